The summed E-state index contributed by atoms with van der Waals surface area (Å²) in [5.41, 5.74) is -1.72. The first-order chi connectivity index (χ1) is 7.99. The summed E-state index contributed by atoms with van der Waals surface area (Å²) in [6.07, 6.45) is -5.36. The minimum atomic E-state index is -4.53. The Balaban J connectivity index is 2.79. The van der Waals surface area contributed by atoms with E-state index in [9.17, 15) is 18.0 Å². The number of halogens is 4. The van der Waals surface area contributed by atoms with Crippen LogP contribution in [-0.2, 0) is 10.9 Å². The van der Waals surface area contributed by atoms with Gasteiger partial charge in [-0.3, -0.25) is 5.32 Å². The molecule has 0 atom stereocenters. The lowest BCUT2D eigenvalue weighted by Gasteiger charge is -2.18. The van der Waals surface area contributed by atoms with Crippen molar-refractivity contribution in [1.29, 1.82) is 0 Å². The third-order valence-corrected chi connectivity index (χ3v) is 3.39. The van der Waals surface area contributed by atoms with Crippen molar-refractivity contribution in [2.75, 3.05) is 5.32 Å². The van der Waals surface area contributed by atoms with E-state index >= 15 is 0 Å². The Labute approximate surface area is 119 Å². The highest BCUT2D eigenvalue weighted by Gasteiger charge is 2.37. The van der Waals surface area contributed by atoms with Crippen LogP contribution in [0.5, 0.6) is 0 Å². The van der Waals surface area contributed by atoms with Crippen molar-refractivity contribution in [3.05, 3.63) is 8.58 Å². The van der Waals surface area contributed by atoms with Gasteiger partial charge in [0.15, 0.2) is 10.8 Å². The number of nitrogens with zero attached hydrogens (tertiary/aromatic N) is 1. The summed E-state index contributed by atoms with van der Waals surface area (Å²) in [4.78, 5) is 14.7. The Kier molecular flexibility index (Phi) is 4.47. The predicted octanol–water partition coefficient (Wildman–Crippen LogP) is 4.11. The van der Waals surface area contributed by atoms with Gasteiger partial charge in [0.25, 0.3) is 0 Å². The first-order valence-corrected chi connectivity index (χ1v) is 6.62. The van der Waals surface area contributed by atoms with E-state index in [0.29, 0.717) is 0 Å². The molecule has 1 aromatic rings. The molecular weight excluding hydrogens is 384 g/mol. The van der Waals surface area contributed by atoms with Gasteiger partial charge in [-0.25, -0.2) is 9.78 Å². The van der Waals surface area contributed by atoms with Crippen molar-refractivity contribution in [2.24, 2.45) is 0 Å². The van der Waals surface area contributed by atoms with E-state index in [1.54, 1.807) is 20.8 Å². The summed E-state index contributed by atoms with van der Waals surface area (Å²) in [6.45, 7) is 4.96. The second kappa shape index (κ2) is 5.19. The summed E-state index contributed by atoms with van der Waals surface area (Å²) in [5, 5.41) is 2.04. The summed E-state index contributed by atoms with van der Waals surface area (Å²) >= 11 is 2.26. The predicted molar refractivity (Wildman–Crippen MR) is 69.7 cm³/mol. The number of anilines is 1. The number of nitrogens with one attached hydrogen (secondary N) is 1. The van der Waals surface area contributed by atoms with Crippen LogP contribution in [0.25, 0.3) is 0 Å². The number of amides is 1. The summed E-state index contributed by atoms with van der Waals surface area (Å²) in [5.74, 6) is 0. The van der Waals surface area contributed by atoms with E-state index in [0.717, 1.165) is 11.3 Å². The van der Waals surface area contributed by atoms with Gasteiger partial charge < -0.3 is 4.74 Å². The lowest BCUT2D eigenvalue weighted by molar-refractivity contribution is -0.141. The van der Waals surface area contributed by atoms with Gasteiger partial charge in [-0.05, 0) is 43.4 Å². The Bertz CT molecular complexity index is 454. The molecule has 0 aliphatic carbocycles. The number of carbonyl (C=O) groups excluding carboxylic acids is 1. The van der Waals surface area contributed by atoms with Crippen molar-refractivity contribution < 1.29 is 22.7 Å². The Morgan fingerprint density at radius 2 is 1.94 bits per heavy atom. The van der Waals surface area contributed by atoms with Crippen LogP contribution in [0.15, 0.2) is 0 Å². The lowest BCUT2D eigenvalue weighted by Crippen LogP contribution is -2.27. The molecule has 0 aromatic carbocycles. The van der Waals surface area contributed by atoms with Gasteiger partial charge in [0.2, 0.25) is 0 Å². The quantitative estimate of drug-likeness (QED) is 0.730. The van der Waals surface area contributed by atoms with Crippen LogP contribution in [-0.4, -0.2) is 16.7 Å². The van der Waals surface area contributed by atoms with Crippen molar-refractivity contribution in [2.45, 2.75) is 32.5 Å². The molecule has 1 heterocycles. The van der Waals surface area contributed by atoms with Gasteiger partial charge >= 0.3 is 12.3 Å². The highest BCUT2D eigenvalue weighted by molar-refractivity contribution is 14.1. The molecule has 1 N–H and O–H groups in total. The number of ether oxygens (including phenoxy) is 1. The van der Waals surface area contributed by atoms with E-state index in [4.69, 9.17) is 4.74 Å². The molecule has 0 spiro atoms. The number of aromatic nitrogens is 1. The van der Waals surface area contributed by atoms with Crippen LogP contribution in [0, 0.1) is 2.88 Å². The number of alkyl halides is 3. The van der Waals surface area contributed by atoms with Crippen LogP contribution in [0.3, 0.4) is 0 Å². The minimum absolute atomic E-state index is 0.0360. The topological polar surface area (TPSA) is 51.2 Å². The van der Waals surface area contributed by atoms with Crippen molar-refractivity contribution >= 4 is 45.2 Å². The Hall–Kier alpha value is -0.580. The number of thiazole rings is 1. The first kappa shape index (κ1) is 15.5. The molecule has 0 aliphatic rings. The average molecular weight is 394 g/mol. The Morgan fingerprint density at radius 3 is 2.33 bits per heavy atom. The van der Waals surface area contributed by atoms with Crippen LogP contribution in [0.4, 0.5) is 23.1 Å². The molecule has 0 unspecified atom stereocenters. The van der Waals surface area contributed by atoms with E-state index in [1.165, 1.54) is 22.6 Å². The van der Waals surface area contributed by atoms with Gasteiger partial charge in [-0.15, -0.1) is 0 Å². The molecule has 1 rings (SSSR count). The highest BCUT2D eigenvalue weighted by Crippen LogP contribution is 2.36. The van der Waals surface area contributed by atoms with Crippen molar-refractivity contribution in [1.82, 2.24) is 4.98 Å². The number of hydrogen-bond acceptors (Lipinski definition) is 4. The molecule has 102 valence electrons. The third kappa shape index (κ3) is 4.59. The number of hydrogen-bond donors (Lipinski definition) is 1. The maximum Gasteiger partial charge on any atom is 0.435 e. The van der Waals surface area contributed by atoms with E-state index < -0.39 is 23.6 Å². The van der Waals surface area contributed by atoms with E-state index in [1.807, 2.05) is 0 Å². The van der Waals surface area contributed by atoms with Gasteiger partial charge in [-0.1, -0.05) is 11.3 Å². The molecule has 0 radical (unpaired) electrons. The highest BCUT2D eigenvalue weighted by atomic mass is 127. The first-order valence-electron chi connectivity index (χ1n) is 4.72. The SMILES string of the molecule is CC(C)(C)OC(=O)Nc1nc(C(F)(F)F)c(I)s1. The van der Waals surface area contributed by atoms with Crippen LogP contribution in [0.1, 0.15) is 26.5 Å². The monoisotopic (exact) mass is 394 g/mol. The third-order valence-electron chi connectivity index (χ3n) is 1.46. The van der Waals surface area contributed by atoms with Gasteiger partial charge in [0.1, 0.15) is 5.60 Å². The molecule has 4 nitrogen and oxygen atoms in total. The van der Waals surface area contributed by atoms with Crippen LogP contribution in [0.2, 0.25) is 0 Å². The molecule has 1 amide bonds. The zero-order valence-corrected chi connectivity index (χ0v) is 12.7. The zero-order chi connectivity index (χ0) is 14.1. The molecule has 1 aromatic heterocycles. The fourth-order valence-electron chi connectivity index (χ4n) is 0.921. The van der Waals surface area contributed by atoms with E-state index in [-0.39, 0.29) is 8.02 Å². The largest absolute Gasteiger partial charge is 0.444 e. The smallest absolute Gasteiger partial charge is 0.435 e. The summed E-state index contributed by atoms with van der Waals surface area (Å²) in [6, 6.07) is 0. The molecule has 0 bridgehead atoms. The fourth-order valence-corrected chi connectivity index (χ4v) is 2.67. The number of carbonyl (C=O) groups is 1. The summed E-state index contributed by atoms with van der Waals surface area (Å²) in [7, 11) is 0. The lowest BCUT2D eigenvalue weighted by atomic mass is 10.2. The second-order valence-corrected chi connectivity index (χ2v) is 7.08. The second-order valence-electron chi connectivity index (χ2n) is 4.27. The fraction of sp³-hybridized carbons (Fsp3) is 0.556. The zero-order valence-electron chi connectivity index (χ0n) is 9.68. The van der Waals surface area contributed by atoms with Crippen molar-refractivity contribution in [3.8, 4) is 0 Å². The molecular formula is C9H10F3IN2O2S. The van der Waals surface area contributed by atoms with Crippen molar-refractivity contribution in [3.63, 3.8) is 0 Å². The molecule has 0 saturated carbocycles. The molecule has 0 aliphatic heterocycles. The van der Waals surface area contributed by atoms with Gasteiger partial charge in [0.05, 0.1) is 2.88 Å². The minimum Gasteiger partial charge on any atom is -0.444 e. The van der Waals surface area contributed by atoms with Crippen LogP contribution >= 0.6 is 33.9 Å². The van der Waals surface area contributed by atoms with Gasteiger partial charge in [-0.2, -0.15) is 13.2 Å². The van der Waals surface area contributed by atoms with Crippen LogP contribution < -0.4 is 5.32 Å². The summed E-state index contributed by atoms with van der Waals surface area (Å²) < 4.78 is 42.3. The maximum atomic E-state index is 12.5. The molecule has 0 saturated heterocycles. The molecule has 9 heteroatoms. The van der Waals surface area contributed by atoms with Gasteiger partial charge in [0, 0.05) is 0 Å². The molecule has 18 heavy (non-hydrogen) atoms. The number of rotatable bonds is 1. The standard InChI is InChI=1S/C9H10F3IN2O2S/c1-8(2,3)17-7(16)15-6-14-4(5(13)18-6)9(10,11)12/h1-3H3,(H,14,15,16). The Morgan fingerprint density at radius 1 is 1.39 bits per heavy atom. The maximum absolute atomic E-state index is 12.5. The van der Waals surface area contributed by atoms with E-state index in [2.05, 4.69) is 10.3 Å². The molecule has 0 fully saturated rings. The average Bonchev–Trinajstić information content (AvgIpc) is 2.41. The normalized spacial score (nSPS) is 12.4.